The molecule has 1 N–H and O–H groups in total. The number of hydrogen-bond acceptors (Lipinski definition) is 6. The maximum absolute atomic E-state index is 14.1. The lowest BCUT2D eigenvalue weighted by atomic mass is 9.94. The van der Waals surface area contributed by atoms with Crippen molar-refractivity contribution in [3.05, 3.63) is 95.1 Å². The molecule has 1 unspecified atom stereocenters. The highest BCUT2D eigenvalue weighted by atomic mass is 19.1. The van der Waals surface area contributed by atoms with Crippen LogP contribution >= 0.6 is 0 Å². The molecule has 2 aromatic carbocycles. The van der Waals surface area contributed by atoms with Crippen LogP contribution in [-0.2, 0) is 16.1 Å². The van der Waals surface area contributed by atoms with Crippen molar-refractivity contribution in [2.45, 2.75) is 26.4 Å². The third kappa shape index (κ3) is 4.66. The summed E-state index contributed by atoms with van der Waals surface area (Å²) >= 11 is 0. The molecule has 4 rings (SSSR count). The smallest absolute Gasteiger partial charge is 0.295 e. The Balaban J connectivity index is 1.88. The van der Waals surface area contributed by atoms with E-state index in [1.807, 2.05) is 30.3 Å². The predicted octanol–water partition coefficient (Wildman–Crippen LogP) is 4.70. The van der Waals surface area contributed by atoms with Crippen LogP contribution in [0.3, 0.4) is 0 Å². The average molecular weight is 490 g/mol. The van der Waals surface area contributed by atoms with Crippen molar-refractivity contribution >= 4 is 23.1 Å². The zero-order valence-corrected chi connectivity index (χ0v) is 20.4. The van der Waals surface area contributed by atoms with Gasteiger partial charge in [0.1, 0.15) is 17.3 Å². The summed E-state index contributed by atoms with van der Waals surface area (Å²) in [5.41, 5.74) is 2.25. The first-order chi connectivity index (χ1) is 17.4. The number of methoxy groups -OCH3 is 1. The van der Waals surface area contributed by atoms with Crippen LogP contribution in [0.2, 0.25) is 0 Å². The molecular formula is C28H28FN3O4. The van der Waals surface area contributed by atoms with Gasteiger partial charge in [0, 0.05) is 37.7 Å². The molecule has 3 aromatic rings. The standard InChI is InChI=1S/C28H28FN3O4/c1-4-31(5-2)21-11-8-19(9-12-21)25-24(26(33)22-15-20(29)10-13-23(22)36-3)27(34)28(35)32(25)17-18-7-6-14-30-16-18/h6-16,25,33H,4-5,17H2,1-3H3/b26-24+. The van der Waals surface area contributed by atoms with Crippen LogP contribution in [0.1, 0.15) is 36.6 Å². The first-order valence-corrected chi connectivity index (χ1v) is 11.8. The van der Waals surface area contributed by atoms with Crippen LogP contribution in [0.5, 0.6) is 5.75 Å². The molecule has 36 heavy (non-hydrogen) atoms. The van der Waals surface area contributed by atoms with E-state index >= 15 is 0 Å². The molecule has 1 atom stereocenters. The third-order valence-corrected chi connectivity index (χ3v) is 6.37. The summed E-state index contributed by atoms with van der Waals surface area (Å²) in [6.45, 7) is 5.89. The molecule has 1 fully saturated rings. The van der Waals surface area contributed by atoms with Gasteiger partial charge in [0.05, 0.1) is 24.3 Å². The minimum atomic E-state index is -0.885. The molecule has 1 aliphatic heterocycles. The maximum Gasteiger partial charge on any atom is 0.295 e. The van der Waals surface area contributed by atoms with Gasteiger partial charge in [0.25, 0.3) is 11.7 Å². The highest BCUT2D eigenvalue weighted by Gasteiger charge is 2.46. The minimum Gasteiger partial charge on any atom is -0.507 e. The van der Waals surface area contributed by atoms with Crippen LogP contribution in [0, 0.1) is 5.82 Å². The number of amides is 1. The number of aliphatic hydroxyl groups is 1. The predicted molar refractivity (Wildman–Crippen MR) is 135 cm³/mol. The topological polar surface area (TPSA) is 83.0 Å². The third-order valence-electron chi connectivity index (χ3n) is 6.37. The number of aromatic nitrogens is 1. The molecular weight excluding hydrogens is 461 g/mol. The summed E-state index contributed by atoms with van der Waals surface area (Å²) in [4.78, 5) is 34.2. The lowest BCUT2D eigenvalue weighted by molar-refractivity contribution is -0.140. The van der Waals surface area contributed by atoms with E-state index < -0.39 is 29.3 Å². The summed E-state index contributed by atoms with van der Waals surface area (Å²) in [6, 6.07) is 13.9. The molecule has 0 radical (unpaired) electrons. The Morgan fingerprint density at radius 1 is 1.11 bits per heavy atom. The molecule has 1 aromatic heterocycles. The number of pyridine rings is 1. The SMILES string of the molecule is CCN(CC)c1ccc(C2/C(=C(\O)c3cc(F)ccc3OC)C(=O)C(=O)N2Cc2cccnc2)cc1. The van der Waals surface area contributed by atoms with Gasteiger partial charge in [0.15, 0.2) is 0 Å². The van der Waals surface area contributed by atoms with Crippen molar-refractivity contribution in [1.82, 2.24) is 9.88 Å². The van der Waals surface area contributed by atoms with E-state index in [0.29, 0.717) is 5.56 Å². The molecule has 1 amide bonds. The van der Waals surface area contributed by atoms with Gasteiger partial charge < -0.3 is 19.6 Å². The Bertz CT molecular complexity index is 1290. The molecule has 2 heterocycles. The Hall–Kier alpha value is -4.20. The quantitative estimate of drug-likeness (QED) is 0.281. The number of ether oxygens (including phenoxy) is 1. The van der Waals surface area contributed by atoms with Crippen LogP contribution in [0.15, 0.2) is 72.6 Å². The number of halogens is 1. The fourth-order valence-corrected chi connectivity index (χ4v) is 4.54. The van der Waals surface area contributed by atoms with Crippen molar-refractivity contribution in [1.29, 1.82) is 0 Å². The monoisotopic (exact) mass is 489 g/mol. The van der Waals surface area contributed by atoms with Gasteiger partial charge in [0.2, 0.25) is 0 Å². The molecule has 0 bridgehead atoms. The fourth-order valence-electron chi connectivity index (χ4n) is 4.54. The molecule has 186 valence electrons. The second kappa shape index (κ2) is 10.6. The summed E-state index contributed by atoms with van der Waals surface area (Å²) in [5.74, 6) is -2.52. The number of benzene rings is 2. The zero-order valence-electron chi connectivity index (χ0n) is 20.4. The Morgan fingerprint density at radius 2 is 1.83 bits per heavy atom. The second-order valence-electron chi connectivity index (χ2n) is 8.40. The molecule has 1 saturated heterocycles. The molecule has 1 aliphatic rings. The Morgan fingerprint density at radius 3 is 2.44 bits per heavy atom. The van der Waals surface area contributed by atoms with Crippen LogP contribution < -0.4 is 9.64 Å². The number of anilines is 1. The number of likely N-dealkylation sites (tertiary alicyclic amines) is 1. The normalized spacial score (nSPS) is 16.9. The maximum atomic E-state index is 14.1. The number of aliphatic hydroxyl groups excluding tert-OH is 1. The minimum absolute atomic E-state index is 0.00152. The van der Waals surface area contributed by atoms with Crippen molar-refractivity contribution in [3.8, 4) is 5.75 Å². The molecule has 0 aliphatic carbocycles. The van der Waals surface area contributed by atoms with Crippen molar-refractivity contribution in [3.63, 3.8) is 0 Å². The number of Topliss-reactive ketones (excluding diaryl/α,β-unsaturated/α-hetero) is 1. The van der Waals surface area contributed by atoms with E-state index in [4.69, 9.17) is 4.74 Å². The molecule has 8 heteroatoms. The summed E-state index contributed by atoms with van der Waals surface area (Å²) in [5, 5.41) is 11.3. The molecule has 7 nitrogen and oxygen atoms in total. The van der Waals surface area contributed by atoms with E-state index in [0.717, 1.165) is 30.4 Å². The van der Waals surface area contributed by atoms with Gasteiger partial charge >= 0.3 is 0 Å². The van der Waals surface area contributed by atoms with Crippen molar-refractivity contribution in [2.24, 2.45) is 0 Å². The highest BCUT2D eigenvalue weighted by Crippen LogP contribution is 2.42. The summed E-state index contributed by atoms with van der Waals surface area (Å²) in [7, 11) is 1.38. The lowest BCUT2D eigenvalue weighted by Crippen LogP contribution is -2.29. The number of carbonyl (C=O) groups is 2. The van der Waals surface area contributed by atoms with Gasteiger partial charge in [-0.25, -0.2) is 4.39 Å². The second-order valence-corrected chi connectivity index (χ2v) is 8.40. The fraction of sp³-hybridized carbons (Fsp3) is 0.250. The van der Waals surface area contributed by atoms with E-state index in [-0.39, 0.29) is 23.4 Å². The van der Waals surface area contributed by atoms with E-state index in [9.17, 15) is 19.1 Å². The zero-order chi connectivity index (χ0) is 25.8. The van der Waals surface area contributed by atoms with E-state index in [1.165, 1.54) is 24.1 Å². The Labute approximate surface area is 209 Å². The van der Waals surface area contributed by atoms with Gasteiger partial charge in [-0.2, -0.15) is 0 Å². The molecule has 0 saturated carbocycles. The van der Waals surface area contributed by atoms with Crippen LogP contribution in [0.25, 0.3) is 5.76 Å². The average Bonchev–Trinajstić information content (AvgIpc) is 3.15. The largest absolute Gasteiger partial charge is 0.507 e. The first kappa shape index (κ1) is 24.9. The van der Waals surface area contributed by atoms with Gasteiger partial charge in [-0.1, -0.05) is 18.2 Å². The Kier molecular flexibility index (Phi) is 7.33. The number of hydrogen-bond donors (Lipinski definition) is 1. The van der Waals surface area contributed by atoms with Crippen LogP contribution in [-0.4, -0.2) is 46.9 Å². The van der Waals surface area contributed by atoms with Gasteiger partial charge in [-0.3, -0.25) is 14.6 Å². The van der Waals surface area contributed by atoms with E-state index in [2.05, 4.69) is 23.7 Å². The highest BCUT2D eigenvalue weighted by molar-refractivity contribution is 6.46. The van der Waals surface area contributed by atoms with Crippen LogP contribution in [0.4, 0.5) is 10.1 Å². The number of rotatable bonds is 8. The summed E-state index contributed by atoms with van der Waals surface area (Å²) in [6.07, 6.45) is 3.24. The number of carbonyl (C=O) groups excluding carboxylic acids is 2. The lowest BCUT2D eigenvalue weighted by Gasteiger charge is -2.27. The number of ketones is 1. The van der Waals surface area contributed by atoms with Gasteiger partial charge in [-0.15, -0.1) is 0 Å². The first-order valence-electron chi connectivity index (χ1n) is 11.8. The van der Waals surface area contributed by atoms with Crippen molar-refractivity contribution < 1.29 is 23.8 Å². The van der Waals surface area contributed by atoms with Gasteiger partial charge in [-0.05, 0) is 61.4 Å². The van der Waals surface area contributed by atoms with Crippen molar-refractivity contribution in [2.75, 3.05) is 25.1 Å². The summed E-state index contributed by atoms with van der Waals surface area (Å²) < 4.78 is 19.4. The number of nitrogens with zero attached hydrogens (tertiary/aromatic N) is 3. The van der Waals surface area contributed by atoms with E-state index in [1.54, 1.807) is 18.5 Å². The molecule has 0 spiro atoms.